The van der Waals surface area contributed by atoms with E-state index in [2.05, 4.69) is 0 Å². The molecule has 0 fully saturated rings. The first-order valence-electron chi connectivity index (χ1n) is 4.03. The van der Waals surface area contributed by atoms with Crippen LogP contribution in [0.1, 0.15) is 11.6 Å². The average molecular weight is 201 g/mol. The molecule has 14 heavy (non-hydrogen) atoms. The average Bonchev–Trinajstić information content (AvgIpc) is 2.18. The van der Waals surface area contributed by atoms with Gasteiger partial charge in [-0.3, -0.25) is 0 Å². The summed E-state index contributed by atoms with van der Waals surface area (Å²) in [7, 11) is 1.35. The topological polar surface area (TPSA) is 75.7 Å². The van der Waals surface area contributed by atoms with Gasteiger partial charge in [0.15, 0.2) is 11.5 Å². The van der Waals surface area contributed by atoms with E-state index in [0.717, 1.165) is 6.07 Å². The molecule has 0 heterocycles. The van der Waals surface area contributed by atoms with Crippen LogP contribution in [-0.2, 0) is 0 Å². The molecule has 1 atom stereocenters. The molecule has 0 amide bonds. The molecule has 0 spiro atoms. The molecule has 0 radical (unpaired) electrons. The quantitative estimate of drug-likeness (QED) is 0.666. The molecule has 0 unspecified atom stereocenters. The Morgan fingerprint density at radius 1 is 1.57 bits per heavy atom. The summed E-state index contributed by atoms with van der Waals surface area (Å²) in [6.45, 7) is -0.447. The predicted molar refractivity (Wildman–Crippen MR) is 48.6 cm³/mol. The molecule has 1 aromatic rings. The fourth-order valence-electron chi connectivity index (χ4n) is 1.17. The van der Waals surface area contributed by atoms with Crippen molar-refractivity contribution < 1.29 is 19.3 Å². The molecule has 0 aliphatic carbocycles. The number of hydrogen-bond donors (Lipinski definition) is 3. The third-order valence-corrected chi connectivity index (χ3v) is 1.91. The van der Waals surface area contributed by atoms with Crippen molar-refractivity contribution in [1.29, 1.82) is 0 Å². The van der Waals surface area contributed by atoms with Crippen molar-refractivity contribution in [2.24, 2.45) is 5.73 Å². The molecule has 4 nitrogen and oxygen atoms in total. The smallest absolute Gasteiger partial charge is 0.165 e. The summed E-state index contributed by atoms with van der Waals surface area (Å²) in [5, 5.41) is 18.3. The van der Waals surface area contributed by atoms with Gasteiger partial charge in [-0.2, -0.15) is 0 Å². The number of methoxy groups -OCH3 is 1. The van der Waals surface area contributed by atoms with Crippen LogP contribution in [0.2, 0.25) is 0 Å². The zero-order chi connectivity index (χ0) is 10.7. The molecule has 0 aliphatic rings. The summed E-state index contributed by atoms with van der Waals surface area (Å²) >= 11 is 0. The van der Waals surface area contributed by atoms with E-state index in [1.54, 1.807) is 0 Å². The van der Waals surface area contributed by atoms with Crippen molar-refractivity contribution in [3.63, 3.8) is 0 Å². The minimum atomic E-state index is -0.954. The Balaban J connectivity index is 3.25. The van der Waals surface area contributed by atoms with Crippen LogP contribution in [0.15, 0.2) is 12.1 Å². The lowest BCUT2D eigenvalue weighted by atomic mass is 10.1. The van der Waals surface area contributed by atoms with Gasteiger partial charge in [-0.1, -0.05) is 0 Å². The van der Waals surface area contributed by atoms with E-state index in [0.29, 0.717) is 0 Å². The van der Waals surface area contributed by atoms with E-state index in [4.69, 9.17) is 15.6 Å². The highest BCUT2D eigenvalue weighted by atomic mass is 19.1. The van der Waals surface area contributed by atoms with E-state index in [1.165, 1.54) is 13.2 Å². The van der Waals surface area contributed by atoms with Crippen LogP contribution >= 0.6 is 0 Å². The number of aliphatic hydroxyl groups excluding tert-OH is 1. The second-order valence-corrected chi connectivity index (χ2v) is 2.80. The highest BCUT2D eigenvalue weighted by Gasteiger charge is 2.18. The third-order valence-electron chi connectivity index (χ3n) is 1.91. The van der Waals surface area contributed by atoms with Crippen LogP contribution in [0.4, 0.5) is 4.39 Å². The number of phenols is 1. The standard InChI is InChI=1S/C9H12FNO3/c1-14-7-3-2-5(10)8(9(7)13)6(11)4-12/h2-3,6,12-13H,4,11H2,1H3/t6-/m1/s1. The van der Waals surface area contributed by atoms with E-state index in [9.17, 15) is 9.50 Å². The Morgan fingerprint density at radius 2 is 2.21 bits per heavy atom. The summed E-state index contributed by atoms with van der Waals surface area (Å²) < 4.78 is 18.0. The summed E-state index contributed by atoms with van der Waals surface area (Å²) in [6, 6.07) is 1.46. The van der Waals surface area contributed by atoms with Crippen LogP contribution in [-0.4, -0.2) is 23.9 Å². The normalized spacial score (nSPS) is 12.6. The molecule has 4 N–H and O–H groups in total. The van der Waals surface area contributed by atoms with Gasteiger partial charge < -0.3 is 20.7 Å². The highest BCUT2D eigenvalue weighted by Crippen LogP contribution is 2.34. The number of aromatic hydroxyl groups is 1. The molecule has 0 saturated carbocycles. The van der Waals surface area contributed by atoms with Crippen molar-refractivity contribution in [1.82, 2.24) is 0 Å². The predicted octanol–water partition coefficient (Wildman–Crippen LogP) is 0.532. The van der Waals surface area contributed by atoms with Gasteiger partial charge >= 0.3 is 0 Å². The maximum absolute atomic E-state index is 13.2. The monoisotopic (exact) mass is 201 g/mol. The van der Waals surface area contributed by atoms with Gasteiger partial charge in [0.2, 0.25) is 0 Å². The number of rotatable bonds is 3. The van der Waals surface area contributed by atoms with Crippen molar-refractivity contribution in [2.75, 3.05) is 13.7 Å². The third kappa shape index (κ3) is 1.78. The van der Waals surface area contributed by atoms with Crippen LogP contribution in [0.25, 0.3) is 0 Å². The lowest BCUT2D eigenvalue weighted by Gasteiger charge is -2.13. The molecule has 0 aromatic heterocycles. The Hall–Kier alpha value is -1.33. The number of phenolic OH excluding ortho intramolecular Hbond substituents is 1. The zero-order valence-corrected chi connectivity index (χ0v) is 7.70. The summed E-state index contributed by atoms with van der Waals surface area (Å²) in [4.78, 5) is 0. The second kappa shape index (κ2) is 4.26. The number of nitrogens with two attached hydrogens (primary N) is 1. The van der Waals surface area contributed by atoms with Gasteiger partial charge in [0.1, 0.15) is 5.82 Å². The maximum Gasteiger partial charge on any atom is 0.165 e. The molecule has 1 aromatic carbocycles. The van der Waals surface area contributed by atoms with Gasteiger partial charge in [0.25, 0.3) is 0 Å². The first kappa shape index (κ1) is 10.7. The number of benzene rings is 1. The first-order chi connectivity index (χ1) is 6.61. The maximum atomic E-state index is 13.2. The number of ether oxygens (including phenoxy) is 1. The summed E-state index contributed by atoms with van der Waals surface area (Å²) in [6.07, 6.45) is 0. The number of halogens is 1. The van der Waals surface area contributed by atoms with Crippen LogP contribution < -0.4 is 10.5 Å². The molecule has 0 bridgehead atoms. The van der Waals surface area contributed by atoms with E-state index in [1.807, 2.05) is 0 Å². The number of aliphatic hydroxyl groups is 1. The summed E-state index contributed by atoms with van der Waals surface area (Å²) in [5.74, 6) is -0.899. The molecule has 0 saturated heterocycles. The Labute approximate surface area is 80.7 Å². The van der Waals surface area contributed by atoms with Gasteiger partial charge in [0.05, 0.1) is 25.3 Å². The Bertz CT molecular complexity index is 330. The van der Waals surface area contributed by atoms with Gasteiger partial charge in [0, 0.05) is 0 Å². The first-order valence-corrected chi connectivity index (χ1v) is 4.03. The molecule has 1 rings (SSSR count). The van der Waals surface area contributed by atoms with E-state index < -0.39 is 18.5 Å². The largest absolute Gasteiger partial charge is 0.504 e. The highest BCUT2D eigenvalue weighted by molar-refractivity contribution is 5.47. The van der Waals surface area contributed by atoms with Crippen LogP contribution in [0.5, 0.6) is 11.5 Å². The Kier molecular flexibility index (Phi) is 3.27. The minimum absolute atomic E-state index is 0.130. The van der Waals surface area contributed by atoms with Crippen molar-refractivity contribution >= 4 is 0 Å². The van der Waals surface area contributed by atoms with Gasteiger partial charge in [-0.25, -0.2) is 4.39 Å². The van der Waals surface area contributed by atoms with Crippen molar-refractivity contribution in [3.8, 4) is 11.5 Å². The van der Waals surface area contributed by atoms with E-state index >= 15 is 0 Å². The molecule has 0 aliphatic heterocycles. The fourth-order valence-corrected chi connectivity index (χ4v) is 1.17. The fraction of sp³-hybridized carbons (Fsp3) is 0.333. The lowest BCUT2D eigenvalue weighted by Crippen LogP contribution is -2.16. The second-order valence-electron chi connectivity index (χ2n) is 2.80. The van der Waals surface area contributed by atoms with Crippen LogP contribution in [0.3, 0.4) is 0 Å². The molecular formula is C9H12FNO3. The molecule has 5 heteroatoms. The summed E-state index contributed by atoms with van der Waals surface area (Å²) in [5.41, 5.74) is 5.28. The van der Waals surface area contributed by atoms with Gasteiger partial charge in [-0.15, -0.1) is 0 Å². The van der Waals surface area contributed by atoms with Crippen molar-refractivity contribution in [3.05, 3.63) is 23.5 Å². The zero-order valence-electron chi connectivity index (χ0n) is 7.70. The Morgan fingerprint density at radius 3 is 2.71 bits per heavy atom. The lowest BCUT2D eigenvalue weighted by molar-refractivity contribution is 0.260. The minimum Gasteiger partial charge on any atom is -0.504 e. The molecule has 78 valence electrons. The SMILES string of the molecule is COc1ccc(F)c([C@H](N)CO)c1O. The molecular weight excluding hydrogens is 189 g/mol. The number of hydrogen-bond acceptors (Lipinski definition) is 4. The van der Waals surface area contributed by atoms with Crippen molar-refractivity contribution in [2.45, 2.75) is 6.04 Å². The van der Waals surface area contributed by atoms with E-state index in [-0.39, 0.29) is 17.1 Å². The van der Waals surface area contributed by atoms with Gasteiger partial charge in [-0.05, 0) is 12.1 Å². The van der Waals surface area contributed by atoms with Crippen LogP contribution in [0, 0.1) is 5.82 Å².